The number of carbonyl (C=O) groups is 2. The van der Waals surface area contributed by atoms with Crippen LogP contribution in [-0.2, 0) is 9.59 Å². The van der Waals surface area contributed by atoms with Crippen LogP contribution in [-0.4, -0.2) is 46.7 Å². The second-order valence-corrected chi connectivity index (χ2v) is 4.59. The van der Waals surface area contributed by atoms with Crippen molar-refractivity contribution in [3.05, 3.63) is 0 Å². The van der Waals surface area contributed by atoms with Crippen LogP contribution < -0.4 is 5.32 Å². The van der Waals surface area contributed by atoms with Gasteiger partial charge in [0.2, 0.25) is 0 Å². The van der Waals surface area contributed by atoms with Crippen molar-refractivity contribution in [3.8, 4) is 0 Å². The van der Waals surface area contributed by atoms with Crippen molar-refractivity contribution in [1.82, 2.24) is 5.32 Å². The summed E-state index contributed by atoms with van der Waals surface area (Å²) in [7, 11) is 0. The molecule has 0 heterocycles. The minimum Gasteiger partial charge on any atom is -0.481 e. The van der Waals surface area contributed by atoms with Crippen molar-refractivity contribution in [2.75, 3.05) is 18.6 Å². The maximum absolute atomic E-state index is 10.8. The number of hydrogen-bond donors (Lipinski definition) is 3. The highest BCUT2D eigenvalue weighted by Gasteiger charge is 2.16. The van der Waals surface area contributed by atoms with Gasteiger partial charge in [-0.3, -0.25) is 9.59 Å². The summed E-state index contributed by atoms with van der Waals surface area (Å²) in [6, 6.07) is -0.546. The fourth-order valence-corrected chi connectivity index (χ4v) is 1.79. The molecule has 0 fully saturated rings. The quantitative estimate of drug-likeness (QED) is 0.526. The van der Waals surface area contributed by atoms with Crippen molar-refractivity contribution < 1.29 is 19.8 Å². The van der Waals surface area contributed by atoms with Crippen molar-refractivity contribution in [3.63, 3.8) is 0 Å². The third-order valence-electron chi connectivity index (χ3n) is 2.26. The molecule has 0 spiro atoms. The first-order chi connectivity index (χ1) is 7.49. The molecule has 6 heteroatoms. The largest absolute Gasteiger partial charge is 0.481 e. The smallest absolute Gasteiger partial charge is 0.321 e. The lowest BCUT2D eigenvalue weighted by molar-refractivity contribution is -0.141. The molecule has 0 aromatic carbocycles. The minimum atomic E-state index is -0.861. The molecule has 3 N–H and O–H groups in total. The predicted molar refractivity (Wildman–Crippen MR) is 63.8 cm³/mol. The van der Waals surface area contributed by atoms with E-state index < -0.39 is 18.0 Å². The van der Waals surface area contributed by atoms with Crippen LogP contribution in [0.3, 0.4) is 0 Å². The molecule has 2 atom stereocenters. The molecule has 0 aliphatic heterocycles. The first-order valence-electron chi connectivity index (χ1n) is 5.17. The van der Waals surface area contributed by atoms with Gasteiger partial charge in [0.15, 0.2) is 0 Å². The SMILES string of the molecule is CSCC(NCCCC(C)C(=O)O)C(=O)O. The van der Waals surface area contributed by atoms with E-state index >= 15 is 0 Å². The van der Waals surface area contributed by atoms with E-state index in [9.17, 15) is 9.59 Å². The van der Waals surface area contributed by atoms with Gasteiger partial charge in [-0.25, -0.2) is 0 Å². The average Bonchev–Trinajstić information content (AvgIpc) is 2.21. The van der Waals surface area contributed by atoms with Gasteiger partial charge in [-0.2, -0.15) is 11.8 Å². The van der Waals surface area contributed by atoms with Crippen LogP contribution in [0.15, 0.2) is 0 Å². The van der Waals surface area contributed by atoms with Crippen LogP contribution in [0.25, 0.3) is 0 Å². The molecule has 5 nitrogen and oxygen atoms in total. The summed E-state index contributed by atoms with van der Waals surface area (Å²) in [6.45, 7) is 2.19. The fourth-order valence-electron chi connectivity index (χ4n) is 1.19. The van der Waals surface area contributed by atoms with Gasteiger partial charge in [0.05, 0.1) is 5.92 Å². The van der Waals surface area contributed by atoms with Crippen LogP contribution >= 0.6 is 11.8 Å². The monoisotopic (exact) mass is 249 g/mol. The van der Waals surface area contributed by atoms with Gasteiger partial charge in [0.1, 0.15) is 6.04 Å². The highest BCUT2D eigenvalue weighted by Crippen LogP contribution is 2.05. The molecule has 0 bridgehead atoms. The average molecular weight is 249 g/mol. The Kier molecular flexibility index (Phi) is 8.01. The zero-order chi connectivity index (χ0) is 12.6. The molecule has 0 saturated carbocycles. The molecule has 0 radical (unpaired) electrons. The Balaban J connectivity index is 3.70. The summed E-state index contributed by atoms with van der Waals surface area (Å²) in [5.74, 6) is -1.52. The summed E-state index contributed by atoms with van der Waals surface area (Å²) in [5.41, 5.74) is 0. The standard InChI is InChI=1S/C10H19NO4S/c1-7(9(12)13)4-3-5-11-8(6-16-2)10(14)15/h7-8,11H,3-6H2,1-2H3,(H,12,13)(H,14,15). The van der Waals surface area contributed by atoms with E-state index in [1.165, 1.54) is 11.8 Å². The molecule has 0 aromatic heterocycles. The maximum atomic E-state index is 10.8. The van der Waals surface area contributed by atoms with Gasteiger partial charge in [-0.1, -0.05) is 6.92 Å². The molecule has 0 aliphatic carbocycles. The lowest BCUT2D eigenvalue weighted by Gasteiger charge is -2.13. The van der Waals surface area contributed by atoms with E-state index in [-0.39, 0.29) is 5.92 Å². The van der Waals surface area contributed by atoms with Gasteiger partial charge in [-0.05, 0) is 25.6 Å². The summed E-state index contributed by atoms with van der Waals surface area (Å²) in [4.78, 5) is 21.3. The van der Waals surface area contributed by atoms with E-state index in [0.29, 0.717) is 25.1 Å². The van der Waals surface area contributed by atoms with Crippen molar-refractivity contribution in [2.24, 2.45) is 5.92 Å². The first kappa shape index (κ1) is 15.2. The van der Waals surface area contributed by atoms with E-state index in [0.717, 1.165) is 0 Å². The maximum Gasteiger partial charge on any atom is 0.321 e. The number of aliphatic carboxylic acids is 2. The molecular weight excluding hydrogens is 230 g/mol. The Labute approximate surface area is 99.6 Å². The number of hydrogen-bond acceptors (Lipinski definition) is 4. The van der Waals surface area contributed by atoms with Gasteiger partial charge in [0.25, 0.3) is 0 Å². The zero-order valence-corrected chi connectivity index (χ0v) is 10.4. The number of rotatable bonds is 9. The molecule has 0 aliphatic rings. The predicted octanol–water partition coefficient (Wildman–Crippen LogP) is 0.893. The molecule has 94 valence electrons. The topological polar surface area (TPSA) is 86.6 Å². The van der Waals surface area contributed by atoms with E-state index in [1.54, 1.807) is 6.92 Å². The molecule has 0 saturated heterocycles. The molecular formula is C10H19NO4S. The number of carboxylic acid groups (broad SMARTS) is 2. The molecule has 16 heavy (non-hydrogen) atoms. The molecule has 0 aromatic rings. The van der Waals surface area contributed by atoms with Crippen molar-refractivity contribution in [2.45, 2.75) is 25.8 Å². The number of nitrogens with one attached hydrogen (secondary N) is 1. The number of thioether (sulfide) groups is 1. The van der Waals surface area contributed by atoms with E-state index in [2.05, 4.69) is 5.32 Å². The third kappa shape index (κ3) is 6.68. The Morgan fingerprint density at radius 3 is 2.38 bits per heavy atom. The van der Waals surface area contributed by atoms with E-state index in [1.807, 2.05) is 6.26 Å². The molecule has 0 rings (SSSR count). The van der Waals surface area contributed by atoms with Gasteiger partial charge in [-0.15, -0.1) is 0 Å². The van der Waals surface area contributed by atoms with Crippen LogP contribution in [0.1, 0.15) is 19.8 Å². The summed E-state index contributed by atoms with van der Waals surface area (Å²) in [6.07, 6.45) is 3.09. The van der Waals surface area contributed by atoms with Crippen molar-refractivity contribution in [1.29, 1.82) is 0 Å². The Morgan fingerprint density at radius 2 is 1.94 bits per heavy atom. The highest BCUT2D eigenvalue weighted by atomic mass is 32.2. The van der Waals surface area contributed by atoms with Crippen molar-refractivity contribution >= 4 is 23.7 Å². The normalized spacial score (nSPS) is 14.4. The first-order valence-corrected chi connectivity index (χ1v) is 6.56. The second-order valence-electron chi connectivity index (χ2n) is 3.68. The lowest BCUT2D eigenvalue weighted by atomic mass is 10.1. The zero-order valence-electron chi connectivity index (χ0n) is 9.60. The van der Waals surface area contributed by atoms with Crippen LogP contribution in [0.4, 0.5) is 0 Å². The Bertz CT molecular complexity index is 235. The lowest BCUT2D eigenvalue weighted by Crippen LogP contribution is -2.39. The van der Waals surface area contributed by atoms with E-state index in [4.69, 9.17) is 10.2 Å². The van der Waals surface area contributed by atoms with Gasteiger partial charge >= 0.3 is 11.9 Å². The highest BCUT2D eigenvalue weighted by molar-refractivity contribution is 7.98. The third-order valence-corrected chi connectivity index (χ3v) is 2.92. The van der Waals surface area contributed by atoms with Crippen LogP contribution in [0.5, 0.6) is 0 Å². The van der Waals surface area contributed by atoms with Gasteiger partial charge in [0, 0.05) is 5.75 Å². The van der Waals surface area contributed by atoms with Crippen LogP contribution in [0.2, 0.25) is 0 Å². The molecule has 0 amide bonds. The molecule has 2 unspecified atom stereocenters. The summed E-state index contributed by atoms with van der Waals surface area (Å²) >= 11 is 1.47. The Hall–Kier alpha value is -0.750. The Morgan fingerprint density at radius 1 is 1.31 bits per heavy atom. The minimum absolute atomic E-state index is 0.370. The second kappa shape index (κ2) is 8.41. The fraction of sp³-hybridized carbons (Fsp3) is 0.800. The summed E-state index contributed by atoms with van der Waals surface area (Å²) in [5, 5.41) is 20.4. The number of carboxylic acids is 2. The van der Waals surface area contributed by atoms with Gasteiger partial charge < -0.3 is 15.5 Å². The van der Waals surface area contributed by atoms with Crippen LogP contribution in [0, 0.1) is 5.92 Å². The summed E-state index contributed by atoms with van der Waals surface area (Å²) < 4.78 is 0.